The number of ketones is 1. The molecule has 146 valence electrons. The van der Waals surface area contributed by atoms with Gasteiger partial charge in [0.25, 0.3) is 0 Å². The summed E-state index contributed by atoms with van der Waals surface area (Å²) in [5, 5.41) is 0. The molecule has 0 aromatic heterocycles. The highest BCUT2D eigenvalue weighted by Crippen LogP contribution is 2.48. The lowest BCUT2D eigenvalue weighted by atomic mass is 9.70. The van der Waals surface area contributed by atoms with Gasteiger partial charge in [0.15, 0.2) is 11.2 Å². The maximum Gasteiger partial charge on any atom is 0.321 e. The molecule has 2 bridgehead atoms. The minimum atomic E-state index is -1.47. The molecule has 2 aliphatic heterocycles. The van der Waals surface area contributed by atoms with Crippen LogP contribution in [0.4, 0.5) is 0 Å². The summed E-state index contributed by atoms with van der Waals surface area (Å²) in [5.41, 5.74) is -0.350. The van der Waals surface area contributed by atoms with E-state index in [9.17, 15) is 14.4 Å². The zero-order valence-electron chi connectivity index (χ0n) is 16.0. The maximum atomic E-state index is 13.0. The Morgan fingerprint density at radius 1 is 1.22 bits per heavy atom. The van der Waals surface area contributed by atoms with Gasteiger partial charge in [-0.1, -0.05) is 37.3 Å². The number of methoxy groups -OCH3 is 1. The van der Waals surface area contributed by atoms with Crippen molar-refractivity contribution in [2.75, 3.05) is 13.7 Å². The third-order valence-corrected chi connectivity index (χ3v) is 5.78. The van der Waals surface area contributed by atoms with E-state index in [4.69, 9.17) is 9.47 Å². The van der Waals surface area contributed by atoms with Gasteiger partial charge in [0.05, 0.1) is 20.1 Å². The molecule has 3 rings (SSSR count). The van der Waals surface area contributed by atoms with Crippen LogP contribution in [0, 0.1) is 5.41 Å². The van der Waals surface area contributed by atoms with Gasteiger partial charge in [-0.05, 0) is 24.8 Å². The van der Waals surface area contributed by atoms with Crippen LogP contribution in [0.25, 0.3) is 0 Å². The number of esters is 2. The zero-order valence-corrected chi connectivity index (χ0v) is 16.0. The van der Waals surface area contributed by atoms with Crippen LogP contribution < -0.4 is 0 Å². The number of hydrogen-bond acceptors (Lipinski definition) is 6. The average Bonchev–Trinajstić information content (AvgIpc) is 2.99. The number of Topliss-reactive ketones (excluding diaryl/α,β-unsaturated/α-hetero) is 1. The highest BCUT2D eigenvalue weighted by Gasteiger charge is 2.62. The van der Waals surface area contributed by atoms with Crippen LogP contribution in [0.2, 0.25) is 0 Å². The predicted octanol–water partition coefficient (Wildman–Crippen LogP) is 2.50. The molecule has 2 fully saturated rings. The van der Waals surface area contributed by atoms with E-state index in [-0.39, 0.29) is 37.3 Å². The van der Waals surface area contributed by atoms with E-state index in [1.54, 1.807) is 0 Å². The molecule has 1 aromatic rings. The lowest BCUT2D eigenvalue weighted by Crippen LogP contribution is -2.61. The van der Waals surface area contributed by atoms with Crippen LogP contribution in [0.3, 0.4) is 0 Å². The van der Waals surface area contributed by atoms with Crippen LogP contribution in [0.5, 0.6) is 0 Å². The Labute approximate surface area is 159 Å². The summed E-state index contributed by atoms with van der Waals surface area (Å²) in [6.45, 7) is 2.83. The fraction of sp³-hybridized carbons (Fsp3) is 0.571. The first-order chi connectivity index (χ1) is 13.0. The number of benzene rings is 1. The van der Waals surface area contributed by atoms with Gasteiger partial charge in [0, 0.05) is 25.0 Å². The van der Waals surface area contributed by atoms with Crippen molar-refractivity contribution in [1.29, 1.82) is 0 Å². The predicted molar refractivity (Wildman–Crippen MR) is 98.7 cm³/mol. The van der Waals surface area contributed by atoms with Crippen LogP contribution in [-0.4, -0.2) is 48.4 Å². The second kappa shape index (κ2) is 8.21. The molecule has 0 saturated carbocycles. The van der Waals surface area contributed by atoms with Crippen molar-refractivity contribution in [3.05, 3.63) is 35.9 Å². The molecule has 0 radical (unpaired) electrons. The third-order valence-electron chi connectivity index (χ3n) is 5.78. The topological polar surface area (TPSA) is 72.9 Å². The first-order valence-corrected chi connectivity index (χ1v) is 9.60. The van der Waals surface area contributed by atoms with Gasteiger partial charge in [-0.2, -0.15) is 0 Å². The van der Waals surface area contributed by atoms with E-state index in [1.165, 1.54) is 7.11 Å². The van der Waals surface area contributed by atoms with E-state index < -0.39 is 17.4 Å². The van der Waals surface area contributed by atoms with Crippen molar-refractivity contribution in [3.8, 4) is 0 Å². The second-order valence-electron chi connectivity index (χ2n) is 7.39. The van der Waals surface area contributed by atoms with E-state index in [0.29, 0.717) is 19.4 Å². The first-order valence-electron chi connectivity index (χ1n) is 9.60. The smallest absolute Gasteiger partial charge is 0.321 e. The summed E-state index contributed by atoms with van der Waals surface area (Å²) >= 11 is 0. The molecule has 2 heterocycles. The Bertz CT molecular complexity index is 704. The fourth-order valence-electron chi connectivity index (χ4n) is 4.52. The highest BCUT2D eigenvalue weighted by molar-refractivity contribution is 6.08. The number of rotatable bonds is 7. The summed E-state index contributed by atoms with van der Waals surface area (Å²) in [6.07, 6.45) is 2.24. The summed E-state index contributed by atoms with van der Waals surface area (Å²) < 4.78 is 10.2. The van der Waals surface area contributed by atoms with Crippen molar-refractivity contribution in [2.45, 2.75) is 57.7 Å². The Balaban J connectivity index is 1.91. The molecule has 6 heteroatoms. The van der Waals surface area contributed by atoms with Crippen LogP contribution >= 0.6 is 0 Å². The monoisotopic (exact) mass is 373 g/mol. The van der Waals surface area contributed by atoms with Gasteiger partial charge >= 0.3 is 11.9 Å². The van der Waals surface area contributed by atoms with Crippen molar-refractivity contribution < 1.29 is 23.9 Å². The molecule has 0 unspecified atom stereocenters. The van der Waals surface area contributed by atoms with Crippen LogP contribution in [0.1, 0.15) is 44.6 Å². The summed E-state index contributed by atoms with van der Waals surface area (Å²) in [7, 11) is 1.28. The molecule has 2 aliphatic rings. The summed E-state index contributed by atoms with van der Waals surface area (Å²) in [4.78, 5) is 40.5. The highest BCUT2D eigenvalue weighted by atomic mass is 16.5. The minimum absolute atomic E-state index is 0.104. The van der Waals surface area contributed by atoms with Gasteiger partial charge in [-0.25, -0.2) is 0 Å². The Kier molecular flexibility index (Phi) is 5.95. The molecule has 27 heavy (non-hydrogen) atoms. The summed E-state index contributed by atoms with van der Waals surface area (Å²) in [6, 6.07) is 9.73. The van der Waals surface area contributed by atoms with E-state index in [1.807, 2.05) is 37.3 Å². The lowest BCUT2D eigenvalue weighted by molar-refractivity contribution is -0.173. The molecule has 1 aromatic carbocycles. The van der Waals surface area contributed by atoms with Gasteiger partial charge in [0.1, 0.15) is 0 Å². The SMILES string of the molecule is CCCOC(=O)C[C@]1(C(=O)OC)C(=O)C[C@H]2CC[C@H]1N2Cc1ccccc1. The van der Waals surface area contributed by atoms with Crippen molar-refractivity contribution >= 4 is 17.7 Å². The summed E-state index contributed by atoms with van der Waals surface area (Å²) in [5.74, 6) is -1.33. The molecule has 6 nitrogen and oxygen atoms in total. The lowest BCUT2D eigenvalue weighted by Gasteiger charge is -2.45. The van der Waals surface area contributed by atoms with Gasteiger partial charge in [0.2, 0.25) is 0 Å². The van der Waals surface area contributed by atoms with Crippen LogP contribution in [-0.2, 0) is 30.4 Å². The van der Waals surface area contributed by atoms with Crippen molar-refractivity contribution in [1.82, 2.24) is 4.90 Å². The standard InChI is InChI=1S/C21H27NO5/c1-3-11-27-19(24)13-21(20(25)26-2)17-10-9-16(12-18(21)23)22(17)14-15-7-5-4-6-8-15/h4-8,16-17H,3,9-14H2,1-2H3/t16-,17-,21-/m1/s1. The molecular formula is C21H27NO5. The first kappa shape index (κ1) is 19.5. The molecular weight excluding hydrogens is 346 g/mol. The quantitative estimate of drug-likeness (QED) is 0.540. The number of hydrogen-bond donors (Lipinski definition) is 0. The number of carbonyl (C=O) groups excluding carboxylic acids is 3. The number of nitrogens with zero attached hydrogens (tertiary/aromatic N) is 1. The average molecular weight is 373 g/mol. The largest absolute Gasteiger partial charge is 0.468 e. The Morgan fingerprint density at radius 2 is 1.96 bits per heavy atom. The molecule has 0 amide bonds. The van der Waals surface area contributed by atoms with Gasteiger partial charge in [-0.15, -0.1) is 0 Å². The van der Waals surface area contributed by atoms with E-state index in [2.05, 4.69) is 4.90 Å². The zero-order chi connectivity index (χ0) is 19.4. The number of ether oxygens (including phenoxy) is 2. The minimum Gasteiger partial charge on any atom is -0.468 e. The molecule has 0 N–H and O–H groups in total. The molecule has 0 aliphatic carbocycles. The fourth-order valence-corrected chi connectivity index (χ4v) is 4.52. The Morgan fingerprint density at radius 3 is 2.63 bits per heavy atom. The number of carbonyl (C=O) groups is 3. The normalized spacial score (nSPS) is 27.4. The van der Waals surface area contributed by atoms with Gasteiger partial charge < -0.3 is 9.47 Å². The molecule has 2 saturated heterocycles. The molecule has 0 spiro atoms. The second-order valence-corrected chi connectivity index (χ2v) is 7.39. The van der Waals surface area contributed by atoms with E-state index >= 15 is 0 Å². The van der Waals surface area contributed by atoms with Crippen molar-refractivity contribution in [3.63, 3.8) is 0 Å². The van der Waals surface area contributed by atoms with Crippen LogP contribution in [0.15, 0.2) is 30.3 Å². The van der Waals surface area contributed by atoms with Crippen molar-refractivity contribution in [2.24, 2.45) is 5.41 Å². The molecule has 3 atom stereocenters. The number of piperidine rings is 1. The van der Waals surface area contributed by atoms with E-state index in [0.717, 1.165) is 12.0 Å². The Hall–Kier alpha value is -2.21. The van der Waals surface area contributed by atoms with Gasteiger partial charge in [-0.3, -0.25) is 19.3 Å². The third kappa shape index (κ3) is 3.63. The number of fused-ring (bicyclic) bond motifs is 2. The maximum absolute atomic E-state index is 13.0.